The summed E-state index contributed by atoms with van der Waals surface area (Å²) in [6.45, 7) is 10.4. The van der Waals surface area contributed by atoms with Gasteiger partial charge in [-0.1, -0.05) is 34.6 Å². The molecule has 1 rings (SSSR count). The Morgan fingerprint density at radius 3 is 2.07 bits per heavy atom. The quantitative estimate of drug-likeness (QED) is 0.596. The van der Waals surface area contributed by atoms with Gasteiger partial charge in [0.15, 0.2) is 0 Å². The molecule has 1 fully saturated rings. The van der Waals surface area contributed by atoms with E-state index in [1.165, 1.54) is 0 Å². The van der Waals surface area contributed by atoms with E-state index in [1.54, 1.807) is 0 Å². The summed E-state index contributed by atoms with van der Waals surface area (Å²) in [5, 5.41) is 0. The van der Waals surface area contributed by atoms with Gasteiger partial charge in [-0.15, -0.1) is 0 Å². The van der Waals surface area contributed by atoms with E-state index in [-0.39, 0.29) is 30.1 Å². The summed E-state index contributed by atoms with van der Waals surface area (Å²) in [4.78, 5) is 0. The first-order valence-electron chi connectivity index (χ1n) is 5.99. The Hall–Kier alpha value is -0.140. The molecule has 0 aromatic carbocycles. The monoisotopic (exact) mass is 218 g/mol. The zero-order valence-electron chi connectivity index (χ0n) is 10.6. The lowest BCUT2D eigenvalue weighted by atomic mass is 9.65. The highest BCUT2D eigenvalue weighted by molar-refractivity contribution is 4.89. The highest BCUT2D eigenvalue weighted by atomic mass is 19.3. The van der Waals surface area contributed by atoms with Gasteiger partial charge in [0.05, 0.1) is 0 Å². The van der Waals surface area contributed by atoms with Gasteiger partial charge in [-0.3, -0.25) is 0 Å². The molecule has 1 saturated carbocycles. The molecule has 1 aliphatic carbocycles. The zero-order valence-corrected chi connectivity index (χ0v) is 10.6. The lowest BCUT2D eigenvalue weighted by molar-refractivity contribution is -0.0977. The van der Waals surface area contributed by atoms with Crippen molar-refractivity contribution >= 4 is 0 Å². The second-order valence-electron chi connectivity index (χ2n) is 6.57. The Morgan fingerprint density at radius 2 is 1.67 bits per heavy atom. The van der Waals surface area contributed by atoms with Crippen LogP contribution in [0.4, 0.5) is 8.78 Å². The van der Waals surface area contributed by atoms with E-state index >= 15 is 0 Å². The normalized spacial score (nSPS) is 32.0. The largest absolute Gasteiger partial charge is 0.248 e. The smallest absolute Gasteiger partial charge is 0.207 e. The van der Waals surface area contributed by atoms with Gasteiger partial charge in [0.25, 0.3) is 0 Å². The number of rotatable bonds is 1. The third kappa shape index (κ3) is 3.42. The van der Waals surface area contributed by atoms with Crippen LogP contribution in [0.1, 0.15) is 53.9 Å². The summed E-state index contributed by atoms with van der Waals surface area (Å²) in [5.41, 5.74) is 0.0109. The summed E-state index contributed by atoms with van der Waals surface area (Å²) < 4.78 is 27.2. The van der Waals surface area contributed by atoms with Crippen molar-refractivity contribution in [2.45, 2.75) is 59.8 Å². The Morgan fingerprint density at radius 1 is 1.13 bits per heavy atom. The van der Waals surface area contributed by atoms with Gasteiger partial charge in [0.2, 0.25) is 5.92 Å². The van der Waals surface area contributed by atoms with E-state index in [9.17, 15) is 8.78 Å². The zero-order chi connectivity index (χ0) is 11.9. The Balaban J connectivity index is 2.77. The van der Waals surface area contributed by atoms with Crippen molar-refractivity contribution in [2.24, 2.45) is 23.2 Å². The van der Waals surface area contributed by atoms with Crippen LogP contribution in [0.15, 0.2) is 0 Å². The lowest BCUT2D eigenvalue weighted by Gasteiger charge is -2.42. The number of hydrogen-bond donors (Lipinski definition) is 0. The number of alkyl halides is 2. The SMILES string of the molecule is CC(C)[C@@H]1C[C@H](C(C)(C)C)CC(F)(F)C1. The number of halogens is 2. The minimum atomic E-state index is -2.44. The fourth-order valence-electron chi connectivity index (χ4n) is 2.53. The molecule has 0 radical (unpaired) electrons. The summed E-state index contributed by atoms with van der Waals surface area (Å²) in [5.74, 6) is -1.71. The standard InChI is InChI=1S/C13H24F2/c1-9(2)10-6-11(12(3,4)5)8-13(14,15)7-10/h9-11H,6-8H2,1-5H3/t10-,11+/m1/s1. The second kappa shape index (κ2) is 4.03. The average molecular weight is 218 g/mol. The van der Waals surface area contributed by atoms with Crippen molar-refractivity contribution in [1.82, 2.24) is 0 Å². The van der Waals surface area contributed by atoms with Gasteiger partial charge in [-0.2, -0.15) is 0 Å². The van der Waals surface area contributed by atoms with Crippen LogP contribution in [-0.2, 0) is 0 Å². The molecule has 0 N–H and O–H groups in total. The Bertz CT molecular complexity index is 213. The molecule has 0 heterocycles. The molecule has 1 aliphatic rings. The van der Waals surface area contributed by atoms with Crippen molar-refractivity contribution in [1.29, 1.82) is 0 Å². The number of hydrogen-bond acceptors (Lipinski definition) is 0. The first-order chi connectivity index (χ1) is 6.62. The van der Waals surface area contributed by atoms with Crippen LogP contribution in [0.25, 0.3) is 0 Å². The van der Waals surface area contributed by atoms with Crippen LogP contribution in [0.3, 0.4) is 0 Å². The molecule has 0 aromatic heterocycles. The van der Waals surface area contributed by atoms with Gasteiger partial charge in [-0.25, -0.2) is 8.78 Å². The highest BCUT2D eigenvalue weighted by Crippen LogP contribution is 2.48. The van der Waals surface area contributed by atoms with Crippen LogP contribution in [0, 0.1) is 23.2 Å². The van der Waals surface area contributed by atoms with E-state index in [4.69, 9.17) is 0 Å². The van der Waals surface area contributed by atoms with Crippen LogP contribution in [0.2, 0.25) is 0 Å². The van der Waals surface area contributed by atoms with Gasteiger partial charge in [0, 0.05) is 12.8 Å². The van der Waals surface area contributed by atoms with Crippen molar-refractivity contribution in [3.63, 3.8) is 0 Å². The van der Waals surface area contributed by atoms with Gasteiger partial charge < -0.3 is 0 Å². The molecule has 0 unspecified atom stereocenters. The molecule has 2 atom stereocenters. The van der Waals surface area contributed by atoms with Crippen LogP contribution >= 0.6 is 0 Å². The average Bonchev–Trinajstić information content (AvgIpc) is 1.99. The molecule has 0 spiro atoms. The minimum absolute atomic E-state index is 0.0109. The molecule has 0 aromatic rings. The molecule has 0 aliphatic heterocycles. The Labute approximate surface area is 92.4 Å². The maximum atomic E-state index is 13.6. The summed E-state index contributed by atoms with van der Waals surface area (Å²) in [6.07, 6.45) is 1.15. The third-order valence-corrected chi connectivity index (χ3v) is 3.86. The van der Waals surface area contributed by atoms with E-state index < -0.39 is 5.92 Å². The van der Waals surface area contributed by atoms with Gasteiger partial charge in [0.1, 0.15) is 0 Å². The van der Waals surface area contributed by atoms with Crippen LogP contribution in [0.5, 0.6) is 0 Å². The topological polar surface area (TPSA) is 0 Å². The molecule has 0 amide bonds. The van der Waals surface area contributed by atoms with Crippen molar-refractivity contribution in [2.75, 3.05) is 0 Å². The molecule has 0 saturated heterocycles. The fraction of sp³-hybridized carbons (Fsp3) is 1.00. The molecule has 90 valence electrons. The van der Waals surface area contributed by atoms with Gasteiger partial charge >= 0.3 is 0 Å². The first kappa shape index (κ1) is 12.9. The van der Waals surface area contributed by atoms with Crippen molar-refractivity contribution in [3.8, 4) is 0 Å². The molecule has 15 heavy (non-hydrogen) atoms. The first-order valence-corrected chi connectivity index (χ1v) is 5.99. The second-order valence-corrected chi connectivity index (χ2v) is 6.57. The van der Waals surface area contributed by atoms with E-state index in [0.29, 0.717) is 5.92 Å². The predicted molar refractivity (Wildman–Crippen MR) is 60.1 cm³/mol. The lowest BCUT2D eigenvalue weighted by Crippen LogP contribution is -2.38. The summed E-state index contributed by atoms with van der Waals surface area (Å²) in [6, 6.07) is 0. The van der Waals surface area contributed by atoms with Gasteiger partial charge in [-0.05, 0) is 29.6 Å². The van der Waals surface area contributed by atoms with Crippen LogP contribution in [-0.4, -0.2) is 5.92 Å². The fourth-order valence-corrected chi connectivity index (χ4v) is 2.53. The van der Waals surface area contributed by atoms with Crippen LogP contribution < -0.4 is 0 Å². The molecule has 2 heteroatoms. The third-order valence-electron chi connectivity index (χ3n) is 3.86. The van der Waals surface area contributed by atoms with E-state index in [2.05, 4.69) is 34.6 Å². The summed E-state index contributed by atoms with van der Waals surface area (Å²) >= 11 is 0. The Kier molecular flexibility index (Phi) is 3.47. The molecular formula is C13H24F2. The molecular weight excluding hydrogens is 194 g/mol. The summed E-state index contributed by atoms with van der Waals surface area (Å²) in [7, 11) is 0. The molecule has 0 bridgehead atoms. The maximum Gasteiger partial charge on any atom is 0.248 e. The highest BCUT2D eigenvalue weighted by Gasteiger charge is 2.45. The van der Waals surface area contributed by atoms with E-state index in [1.807, 2.05) is 0 Å². The predicted octanol–water partition coefficient (Wildman–Crippen LogP) is 4.74. The van der Waals surface area contributed by atoms with Crippen molar-refractivity contribution in [3.05, 3.63) is 0 Å². The molecule has 0 nitrogen and oxygen atoms in total. The van der Waals surface area contributed by atoms with E-state index in [0.717, 1.165) is 6.42 Å². The minimum Gasteiger partial charge on any atom is -0.207 e. The maximum absolute atomic E-state index is 13.6. The van der Waals surface area contributed by atoms with Crippen molar-refractivity contribution < 1.29 is 8.78 Å².